The molecule has 3 heterocycles. The minimum atomic E-state index is -0.165. The summed E-state index contributed by atoms with van der Waals surface area (Å²) < 4.78 is 15.4. The summed E-state index contributed by atoms with van der Waals surface area (Å²) in [5.74, 6) is 0. The molecule has 9 aromatic rings. The predicted octanol–water partition coefficient (Wildman–Crippen LogP) is 10.9. The highest BCUT2D eigenvalue weighted by molar-refractivity contribution is 6.26. The smallest absolute Gasteiger partial charge is 0.145 e. The van der Waals surface area contributed by atoms with E-state index in [0.717, 1.165) is 55.1 Å². The number of hydrogen-bond donors (Lipinski definition) is 0. The highest BCUT2D eigenvalue weighted by Crippen LogP contribution is 2.54. The largest absolute Gasteiger partial charge is 0.456 e. The summed E-state index contributed by atoms with van der Waals surface area (Å²) in [5.41, 5.74) is 12.2. The van der Waals surface area contributed by atoms with E-state index in [-0.39, 0.29) is 5.41 Å². The second-order valence-corrected chi connectivity index (χ2v) is 12.1. The highest BCUT2D eigenvalue weighted by Gasteiger charge is 2.38. The van der Waals surface area contributed by atoms with Crippen LogP contribution in [-0.2, 0) is 5.41 Å². The Balaban J connectivity index is 1.40. The molecule has 0 N–H and O–H groups in total. The van der Waals surface area contributed by atoms with Crippen LogP contribution in [0.3, 0.4) is 0 Å². The molecule has 42 heavy (non-hydrogen) atoms. The maximum absolute atomic E-state index is 6.71. The number of furan rings is 2. The van der Waals surface area contributed by atoms with Crippen LogP contribution in [0.5, 0.6) is 0 Å². The average molecular weight is 540 g/mol. The van der Waals surface area contributed by atoms with Gasteiger partial charge in [0.05, 0.1) is 16.4 Å². The van der Waals surface area contributed by atoms with E-state index < -0.39 is 0 Å². The number of hydrogen-bond acceptors (Lipinski definition) is 2. The molecule has 6 aromatic carbocycles. The van der Waals surface area contributed by atoms with E-state index in [1.165, 1.54) is 38.5 Å². The van der Waals surface area contributed by atoms with Gasteiger partial charge in [0.2, 0.25) is 0 Å². The summed E-state index contributed by atoms with van der Waals surface area (Å²) in [5, 5.41) is 7.00. The molecule has 0 unspecified atom stereocenters. The number of benzene rings is 6. The lowest BCUT2D eigenvalue weighted by Gasteiger charge is -2.22. The topological polar surface area (TPSA) is 31.2 Å². The van der Waals surface area contributed by atoms with Crippen LogP contribution in [0.15, 0.2) is 124 Å². The molecular weight excluding hydrogens is 514 g/mol. The fourth-order valence-electron chi connectivity index (χ4n) is 7.77. The Hall–Kier alpha value is -5.28. The molecule has 0 bridgehead atoms. The Morgan fingerprint density at radius 3 is 2.02 bits per heavy atom. The van der Waals surface area contributed by atoms with Gasteiger partial charge in [-0.05, 0) is 64.7 Å². The van der Waals surface area contributed by atoms with Gasteiger partial charge >= 0.3 is 0 Å². The normalized spacial score (nSPS) is 14.1. The van der Waals surface area contributed by atoms with E-state index in [2.05, 4.69) is 115 Å². The van der Waals surface area contributed by atoms with Crippen molar-refractivity contribution in [3.05, 3.63) is 126 Å². The summed E-state index contributed by atoms with van der Waals surface area (Å²) in [4.78, 5) is 0. The number of aromatic nitrogens is 1. The molecule has 1 aliphatic rings. The molecule has 10 rings (SSSR count). The van der Waals surface area contributed by atoms with Gasteiger partial charge in [-0.1, -0.05) is 80.6 Å². The van der Waals surface area contributed by atoms with Gasteiger partial charge in [0.1, 0.15) is 22.3 Å². The van der Waals surface area contributed by atoms with Gasteiger partial charge in [0, 0.05) is 44.1 Å². The summed E-state index contributed by atoms with van der Waals surface area (Å²) >= 11 is 0. The third kappa shape index (κ3) is 2.62. The van der Waals surface area contributed by atoms with Gasteiger partial charge in [-0.2, -0.15) is 0 Å². The van der Waals surface area contributed by atoms with E-state index in [0.29, 0.717) is 0 Å². The molecular formula is C39H25NO2. The maximum atomic E-state index is 6.71. The predicted molar refractivity (Wildman–Crippen MR) is 173 cm³/mol. The molecule has 0 spiro atoms. The SMILES string of the molecule is CC1(C)c2ccccc2-c2ccc3c(c21)c1c2oc4ccccc4c2ccc1n3-c1ccc2c(c1)oc1ccccc12. The number of rotatable bonds is 1. The van der Waals surface area contributed by atoms with Crippen molar-refractivity contribution < 1.29 is 8.83 Å². The van der Waals surface area contributed by atoms with Crippen LogP contribution in [0, 0.1) is 0 Å². The molecule has 0 amide bonds. The molecule has 3 aromatic heterocycles. The molecule has 3 nitrogen and oxygen atoms in total. The zero-order valence-electron chi connectivity index (χ0n) is 23.2. The second-order valence-electron chi connectivity index (χ2n) is 12.1. The molecule has 0 fully saturated rings. The Morgan fingerprint density at radius 1 is 0.524 bits per heavy atom. The van der Waals surface area contributed by atoms with Gasteiger partial charge in [-0.15, -0.1) is 0 Å². The van der Waals surface area contributed by atoms with Crippen LogP contribution in [0.4, 0.5) is 0 Å². The van der Waals surface area contributed by atoms with Crippen molar-refractivity contribution in [3.8, 4) is 16.8 Å². The van der Waals surface area contributed by atoms with Crippen molar-refractivity contribution in [2.24, 2.45) is 0 Å². The first-order valence-corrected chi connectivity index (χ1v) is 14.5. The zero-order valence-corrected chi connectivity index (χ0v) is 23.2. The van der Waals surface area contributed by atoms with Crippen molar-refractivity contribution in [3.63, 3.8) is 0 Å². The average Bonchev–Trinajstić information content (AvgIpc) is 3.73. The Kier molecular flexibility index (Phi) is 4.01. The van der Waals surface area contributed by atoms with E-state index in [1.807, 2.05) is 18.2 Å². The van der Waals surface area contributed by atoms with E-state index in [4.69, 9.17) is 8.83 Å². The Morgan fingerprint density at radius 2 is 1.17 bits per heavy atom. The molecule has 0 aliphatic heterocycles. The fourth-order valence-corrected chi connectivity index (χ4v) is 7.77. The van der Waals surface area contributed by atoms with Gasteiger partial charge in [-0.3, -0.25) is 0 Å². The highest BCUT2D eigenvalue weighted by atomic mass is 16.3. The van der Waals surface area contributed by atoms with Crippen LogP contribution in [0.1, 0.15) is 25.0 Å². The minimum Gasteiger partial charge on any atom is -0.456 e. The maximum Gasteiger partial charge on any atom is 0.145 e. The van der Waals surface area contributed by atoms with Crippen molar-refractivity contribution in [1.82, 2.24) is 4.57 Å². The van der Waals surface area contributed by atoms with Crippen molar-refractivity contribution in [2.75, 3.05) is 0 Å². The van der Waals surface area contributed by atoms with Gasteiger partial charge < -0.3 is 13.4 Å². The Bertz CT molecular complexity index is 2610. The quantitative estimate of drug-likeness (QED) is 0.208. The summed E-state index contributed by atoms with van der Waals surface area (Å²) in [6.45, 7) is 4.72. The van der Waals surface area contributed by atoms with Crippen molar-refractivity contribution in [1.29, 1.82) is 0 Å². The van der Waals surface area contributed by atoms with Gasteiger partial charge in [0.15, 0.2) is 0 Å². The summed E-state index contributed by atoms with van der Waals surface area (Å²) in [7, 11) is 0. The lowest BCUT2D eigenvalue weighted by atomic mass is 9.80. The van der Waals surface area contributed by atoms with Crippen molar-refractivity contribution >= 4 is 65.7 Å². The van der Waals surface area contributed by atoms with E-state index in [1.54, 1.807) is 0 Å². The Labute approximate surface area is 241 Å². The van der Waals surface area contributed by atoms with Crippen LogP contribution in [0.2, 0.25) is 0 Å². The first kappa shape index (κ1) is 22.4. The molecule has 1 aliphatic carbocycles. The van der Waals surface area contributed by atoms with Crippen LogP contribution < -0.4 is 0 Å². The molecule has 0 radical (unpaired) electrons. The lowest BCUT2D eigenvalue weighted by Crippen LogP contribution is -2.15. The molecule has 0 saturated heterocycles. The van der Waals surface area contributed by atoms with Crippen LogP contribution in [-0.4, -0.2) is 4.57 Å². The number of fused-ring (bicyclic) bond motifs is 14. The molecule has 3 heteroatoms. The van der Waals surface area contributed by atoms with Gasteiger partial charge in [-0.25, -0.2) is 0 Å². The standard InChI is InChI=1S/C39H25NO2/c1-39(2)29-12-6-3-9-23(29)27-17-19-30-35(37(27)39)36-31(20-18-28-25-11-5-8-14-33(25)42-38(28)36)40(30)22-15-16-26-24-10-4-7-13-32(24)41-34(26)21-22/h3-21H,1-2H3. The molecule has 198 valence electrons. The lowest BCUT2D eigenvalue weighted by molar-refractivity contribution is 0.665. The summed E-state index contributed by atoms with van der Waals surface area (Å²) in [6, 6.07) is 41.2. The zero-order chi connectivity index (χ0) is 27.7. The first-order valence-electron chi connectivity index (χ1n) is 14.5. The van der Waals surface area contributed by atoms with E-state index >= 15 is 0 Å². The van der Waals surface area contributed by atoms with Gasteiger partial charge in [0.25, 0.3) is 0 Å². The molecule has 0 atom stereocenters. The first-order chi connectivity index (χ1) is 20.6. The summed E-state index contributed by atoms with van der Waals surface area (Å²) in [6.07, 6.45) is 0. The van der Waals surface area contributed by atoms with Crippen LogP contribution >= 0.6 is 0 Å². The minimum absolute atomic E-state index is 0.165. The van der Waals surface area contributed by atoms with Crippen LogP contribution in [0.25, 0.3) is 82.5 Å². The number of para-hydroxylation sites is 2. The fraction of sp³-hybridized carbons (Fsp3) is 0.0769. The monoisotopic (exact) mass is 539 g/mol. The van der Waals surface area contributed by atoms with E-state index in [9.17, 15) is 0 Å². The van der Waals surface area contributed by atoms with Crippen molar-refractivity contribution in [2.45, 2.75) is 19.3 Å². The third-order valence-corrected chi connectivity index (χ3v) is 9.58. The third-order valence-electron chi connectivity index (χ3n) is 9.58. The molecule has 0 saturated carbocycles. The second kappa shape index (κ2) is 7.51. The number of nitrogens with zero attached hydrogens (tertiary/aromatic N) is 1.